The summed E-state index contributed by atoms with van der Waals surface area (Å²) < 4.78 is 17.2. The normalized spacial score (nSPS) is 16.5. The molecule has 1 aliphatic rings. The fourth-order valence-electron chi connectivity index (χ4n) is 3.27. The summed E-state index contributed by atoms with van der Waals surface area (Å²) in [7, 11) is 0. The standard InChI is InChI=1S/C23H28N4O3S/c1-3-24-23(26-13-18-14-29-22(27-18)21-5-4-10-31-21)25-12-17-7-6-16(2)11-20(17)30-19-8-9-28-15-19/h4-7,10-11,14,19H,3,8-9,12-13,15H2,1-2H3,(H2,24,25,26). The number of rotatable bonds is 8. The second-order valence-electron chi connectivity index (χ2n) is 7.38. The Morgan fingerprint density at radius 1 is 1.32 bits per heavy atom. The number of thiophene rings is 1. The molecule has 4 rings (SSSR count). The van der Waals surface area contributed by atoms with Gasteiger partial charge in [0, 0.05) is 18.5 Å². The van der Waals surface area contributed by atoms with Crippen molar-refractivity contribution in [2.24, 2.45) is 4.99 Å². The summed E-state index contributed by atoms with van der Waals surface area (Å²) in [6.07, 6.45) is 2.72. The molecule has 0 radical (unpaired) electrons. The average molecular weight is 441 g/mol. The van der Waals surface area contributed by atoms with E-state index in [2.05, 4.69) is 40.7 Å². The number of aliphatic imine (C=N–C) groups is 1. The fourth-order valence-corrected chi connectivity index (χ4v) is 3.92. The third kappa shape index (κ3) is 5.86. The number of benzene rings is 1. The fraction of sp³-hybridized carbons (Fsp3) is 0.391. The molecule has 2 aromatic heterocycles. The van der Waals surface area contributed by atoms with E-state index in [0.717, 1.165) is 47.4 Å². The summed E-state index contributed by atoms with van der Waals surface area (Å²) in [6.45, 7) is 7.32. The molecule has 1 fully saturated rings. The van der Waals surface area contributed by atoms with Gasteiger partial charge in [0.05, 0.1) is 36.9 Å². The number of guanidine groups is 1. The lowest BCUT2D eigenvalue weighted by atomic mass is 10.1. The number of aryl methyl sites for hydroxylation is 1. The zero-order valence-corrected chi connectivity index (χ0v) is 18.7. The summed E-state index contributed by atoms with van der Waals surface area (Å²) >= 11 is 1.61. The Balaban J connectivity index is 1.41. The van der Waals surface area contributed by atoms with Crippen LogP contribution < -0.4 is 15.4 Å². The Morgan fingerprint density at radius 2 is 2.26 bits per heavy atom. The number of nitrogens with one attached hydrogen (secondary N) is 2. The second kappa shape index (κ2) is 10.5. The number of nitrogens with zero attached hydrogens (tertiary/aromatic N) is 2. The van der Waals surface area contributed by atoms with Crippen LogP contribution in [0, 0.1) is 6.92 Å². The predicted molar refractivity (Wildman–Crippen MR) is 123 cm³/mol. The average Bonchev–Trinajstić information content (AvgIpc) is 3.53. The van der Waals surface area contributed by atoms with Gasteiger partial charge in [0.15, 0.2) is 5.96 Å². The zero-order chi connectivity index (χ0) is 21.5. The largest absolute Gasteiger partial charge is 0.488 e. The summed E-state index contributed by atoms with van der Waals surface area (Å²) in [4.78, 5) is 10.3. The van der Waals surface area contributed by atoms with Crippen molar-refractivity contribution >= 4 is 17.3 Å². The van der Waals surface area contributed by atoms with Crippen LogP contribution in [0.15, 0.2) is 51.4 Å². The van der Waals surface area contributed by atoms with Crippen molar-refractivity contribution in [2.45, 2.75) is 39.5 Å². The first-order chi connectivity index (χ1) is 15.2. The molecular weight excluding hydrogens is 412 g/mol. The van der Waals surface area contributed by atoms with Crippen molar-refractivity contribution in [2.75, 3.05) is 19.8 Å². The van der Waals surface area contributed by atoms with Crippen LogP contribution in [0.25, 0.3) is 10.8 Å². The Kier molecular flexibility index (Phi) is 7.22. The Bertz CT molecular complexity index is 994. The van der Waals surface area contributed by atoms with Gasteiger partial charge in [0.25, 0.3) is 0 Å². The molecule has 2 N–H and O–H groups in total. The molecular formula is C23H28N4O3S. The number of hydrogen-bond acceptors (Lipinski definition) is 6. The molecule has 1 saturated heterocycles. The van der Waals surface area contributed by atoms with E-state index in [1.165, 1.54) is 5.56 Å². The maximum absolute atomic E-state index is 6.19. The minimum atomic E-state index is 0.112. The van der Waals surface area contributed by atoms with Crippen LogP contribution in [0.4, 0.5) is 0 Å². The lowest BCUT2D eigenvalue weighted by molar-refractivity contribution is 0.140. The molecule has 31 heavy (non-hydrogen) atoms. The highest BCUT2D eigenvalue weighted by Crippen LogP contribution is 2.25. The van der Waals surface area contributed by atoms with E-state index < -0.39 is 0 Å². The first-order valence-electron chi connectivity index (χ1n) is 10.6. The summed E-state index contributed by atoms with van der Waals surface area (Å²) in [6, 6.07) is 10.2. The van der Waals surface area contributed by atoms with E-state index in [0.29, 0.717) is 25.6 Å². The van der Waals surface area contributed by atoms with Crippen molar-refractivity contribution in [3.8, 4) is 16.5 Å². The van der Waals surface area contributed by atoms with Gasteiger partial charge in [0.2, 0.25) is 5.89 Å². The molecule has 0 bridgehead atoms. The summed E-state index contributed by atoms with van der Waals surface area (Å²) in [5, 5.41) is 8.62. The third-order valence-corrected chi connectivity index (χ3v) is 5.73. The van der Waals surface area contributed by atoms with Crippen LogP contribution >= 0.6 is 11.3 Å². The van der Waals surface area contributed by atoms with E-state index >= 15 is 0 Å². The van der Waals surface area contributed by atoms with E-state index in [9.17, 15) is 0 Å². The Hall–Kier alpha value is -2.84. The van der Waals surface area contributed by atoms with E-state index in [1.54, 1.807) is 17.6 Å². The SMILES string of the molecule is CCNC(=NCc1ccc(C)cc1OC1CCOC1)NCc1coc(-c2cccs2)n1. The van der Waals surface area contributed by atoms with Crippen LogP contribution in [0.5, 0.6) is 5.75 Å². The number of oxazole rings is 1. The maximum Gasteiger partial charge on any atom is 0.236 e. The van der Waals surface area contributed by atoms with Crippen LogP contribution in [-0.2, 0) is 17.8 Å². The maximum atomic E-state index is 6.19. The predicted octanol–water partition coefficient (Wildman–Crippen LogP) is 4.13. The van der Waals surface area contributed by atoms with Gasteiger partial charge >= 0.3 is 0 Å². The van der Waals surface area contributed by atoms with Crippen LogP contribution in [0.3, 0.4) is 0 Å². The topological polar surface area (TPSA) is 80.9 Å². The monoisotopic (exact) mass is 440 g/mol. The number of hydrogen-bond donors (Lipinski definition) is 2. The molecule has 1 unspecified atom stereocenters. The van der Waals surface area contributed by atoms with Crippen LogP contribution in [0.2, 0.25) is 0 Å². The van der Waals surface area contributed by atoms with Gasteiger partial charge in [-0.15, -0.1) is 11.3 Å². The molecule has 164 valence electrons. The molecule has 0 amide bonds. The zero-order valence-electron chi connectivity index (χ0n) is 17.9. The smallest absolute Gasteiger partial charge is 0.236 e. The molecule has 0 spiro atoms. The quantitative estimate of drug-likeness (QED) is 0.405. The minimum Gasteiger partial charge on any atom is -0.488 e. The van der Waals surface area contributed by atoms with Gasteiger partial charge in [-0.25, -0.2) is 9.98 Å². The Labute approximate surface area is 186 Å². The highest BCUT2D eigenvalue weighted by molar-refractivity contribution is 7.13. The molecule has 0 aliphatic carbocycles. The first kappa shape index (κ1) is 21.4. The van der Waals surface area contributed by atoms with Gasteiger partial charge < -0.3 is 24.5 Å². The van der Waals surface area contributed by atoms with Gasteiger partial charge in [-0.1, -0.05) is 18.2 Å². The molecule has 8 heteroatoms. The van der Waals surface area contributed by atoms with Crippen molar-refractivity contribution in [3.63, 3.8) is 0 Å². The van der Waals surface area contributed by atoms with Crippen molar-refractivity contribution in [1.82, 2.24) is 15.6 Å². The molecule has 7 nitrogen and oxygen atoms in total. The lowest BCUT2D eigenvalue weighted by Gasteiger charge is -2.16. The highest BCUT2D eigenvalue weighted by Gasteiger charge is 2.18. The van der Waals surface area contributed by atoms with Crippen molar-refractivity contribution in [1.29, 1.82) is 0 Å². The van der Waals surface area contributed by atoms with E-state index in [4.69, 9.17) is 18.9 Å². The van der Waals surface area contributed by atoms with Crippen molar-refractivity contribution < 1.29 is 13.9 Å². The first-order valence-corrected chi connectivity index (χ1v) is 11.4. The molecule has 1 aromatic carbocycles. The molecule has 3 aromatic rings. The lowest BCUT2D eigenvalue weighted by Crippen LogP contribution is -2.36. The van der Waals surface area contributed by atoms with E-state index in [1.807, 2.05) is 24.4 Å². The van der Waals surface area contributed by atoms with Crippen LogP contribution in [0.1, 0.15) is 30.2 Å². The third-order valence-electron chi connectivity index (χ3n) is 4.88. The second-order valence-corrected chi connectivity index (χ2v) is 8.33. The Morgan fingerprint density at radius 3 is 3.03 bits per heavy atom. The van der Waals surface area contributed by atoms with Crippen molar-refractivity contribution in [3.05, 3.63) is 58.8 Å². The van der Waals surface area contributed by atoms with Gasteiger partial charge in [-0.2, -0.15) is 0 Å². The summed E-state index contributed by atoms with van der Waals surface area (Å²) in [5.41, 5.74) is 3.05. The number of ether oxygens (including phenoxy) is 2. The molecule has 1 atom stereocenters. The van der Waals surface area contributed by atoms with E-state index in [-0.39, 0.29) is 6.10 Å². The van der Waals surface area contributed by atoms with Gasteiger partial charge in [-0.05, 0) is 36.9 Å². The van der Waals surface area contributed by atoms with Gasteiger partial charge in [0.1, 0.15) is 18.1 Å². The molecule has 1 aliphatic heterocycles. The number of aromatic nitrogens is 1. The minimum absolute atomic E-state index is 0.112. The highest BCUT2D eigenvalue weighted by atomic mass is 32.1. The summed E-state index contributed by atoms with van der Waals surface area (Å²) in [5.74, 6) is 2.25. The van der Waals surface area contributed by atoms with Crippen LogP contribution in [-0.4, -0.2) is 36.8 Å². The molecule has 3 heterocycles. The molecule has 0 saturated carbocycles. The van der Waals surface area contributed by atoms with Gasteiger partial charge in [-0.3, -0.25) is 0 Å².